The molecule has 124 valence electrons. The van der Waals surface area contributed by atoms with Gasteiger partial charge in [0.1, 0.15) is 22.0 Å². The van der Waals surface area contributed by atoms with Crippen molar-refractivity contribution in [2.24, 2.45) is 0 Å². The summed E-state index contributed by atoms with van der Waals surface area (Å²) in [6.07, 6.45) is 2.53. The van der Waals surface area contributed by atoms with Gasteiger partial charge < -0.3 is 10.1 Å². The second-order valence-corrected chi connectivity index (χ2v) is 6.76. The van der Waals surface area contributed by atoms with Crippen molar-refractivity contribution in [1.82, 2.24) is 15.0 Å². The van der Waals surface area contributed by atoms with Gasteiger partial charge in [0.2, 0.25) is 0 Å². The standard InChI is InChI=1S/C17H17FN4OS/c18-17(5-8-23-9-6-17)11-20-14-12-4-10-24-16(12)22-15(21-14)13-3-1-2-7-19-13/h1-4,7,10H,5-6,8-9,11H2,(H,20,21,22). The van der Waals surface area contributed by atoms with E-state index in [1.165, 1.54) is 11.3 Å². The summed E-state index contributed by atoms with van der Waals surface area (Å²) in [5.41, 5.74) is -0.548. The molecule has 0 amide bonds. The van der Waals surface area contributed by atoms with Crippen molar-refractivity contribution < 1.29 is 9.13 Å². The molecule has 0 unspecified atom stereocenters. The van der Waals surface area contributed by atoms with Crippen molar-refractivity contribution in [3.05, 3.63) is 35.8 Å². The van der Waals surface area contributed by atoms with Gasteiger partial charge in [-0.3, -0.25) is 4.98 Å². The van der Waals surface area contributed by atoms with Gasteiger partial charge in [-0.05, 0) is 23.6 Å². The van der Waals surface area contributed by atoms with Crippen LogP contribution >= 0.6 is 11.3 Å². The van der Waals surface area contributed by atoms with E-state index in [4.69, 9.17) is 4.74 Å². The number of nitrogens with one attached hydrogen (secondary N) is 1. The number of anilines is 1. The van der Waals surface area contributed by atoms with E-state index in [1.807, 2.05) is 29.6 Å². The minimum Gasteiger partial charge on any atom is -0.381 e. The number of aromatic nitrogens is 3. The molecular formula is C17H17FN4OS. The van der Waals surface area contributed by atoms with Crippen molar-refractivity contribution in [3.63, 3.8) is 0 Å². The summed E-state index contributed by atoms with van der Waals surface area (Å²) >= 11 is 1.54. The molecule has 24 heavy (non-hydrogen) atoms. The van der Waals surface area contributed by atoms with Crippen LogP contribution in [0.25, 0.3) is 21.7 Å². The first-order chi connectivity index (χ1) is 11.7. The number of nitrogens with zero attached hydrogens (tertiary/aromatic N) is 3. The Hall–Kier alpha value is -2.12. The predicted octanol–water partition coefficient (Wildman–Crippen LogP) is 3.68. The SMILES string of the molecule is FC1(CNc2nc(-c3ccccn3)nc3sccc23)CCOCC1. The molecule has 1 N–H and O–H groups in total. The van der Waals surface area contributed by atoms with Crippen molar-refractivity contribution in [3.8, 4) is 11.5 Å². The Bertz CT molecular complexity index is 833. The van der Waals surface area contributed by atoms with Gasteiger partial charge >= 0.3 is 0 Å². The Morgan fingerprint density at radius 1 is 1.21 bits per heavy atom. The van der Waals surface area contributed by atoms with E-state index >= 15 is 0 Å². The van der Waals surface area contributed by atoms with Crippen LogP contribution < -0.4 is 5.32 Å². The van der Waals surface area contributed by atoms with Gasteiger partial charge in [-0.15, -0.1) is 11.3 Å². The average molecular weight is 344 g/mol. The summed E-state index contributed by atoms with van der Waals surface area (Å²) < 4.78 is 20.1. The maximum absolute atomic E-state index is 14.8. The van der Waals surface area contributed by atoms with Crippen LogP contribution in [0.3, 0.4) is 0 Å². The number of rotatable bonds is 4. The summed E-state index contributed by atoms with van der Waals surface area (Å²) in [7, 11) is 0. The van der Waals surface area contributed by atoms with Crippen LogP contribution in [0.15, 0.2) is 35.8 Å². The van der Waals surface area contributed by atoms with Gasteiger partial charge in [0.15, 0.2) is 5.82 Å². The van der Waals surface area contributed by atoms with Crippen LogP contribution in [0.4, 0.5) is 10.2 Å². The van der Waals surface area contributed by atoms with E-state index in [-0.39, 0.29) is 6.54 Å². The molecule has 0 atom stereocenters. The van der Waals surface area contributed by atoms with Crippen LogP contribution in [-0.4, -0.2) is 40.4 Å². The second-order valence-electron chi connectivity index (χ2n) is 5.87. The molecule has 3 aromatic rings. The molecule has 0 aliphatic carbocycles. The number of thiophene rings is 1. The van der Waals surface area contributed by atoms with E-state index in [2.05, 4.69) is 20.3 Å². The highest BCUT2D eigenvalue weighted by atomic mass is 32.1. The summed E-state index contributed by atoms with van der Waals surface area (Å²) in [5, 5.41) is 6.07. The molecule has 1 saturated heterocycles. The van der Waals surface area contributed by atoms with E-state index in [9.17, 15) is 4.39 Å². The third-order valence-corrected chi connectivity index (χ3v) is 4.99. The van der Waals surface area contributed by atoms with Crippen molar-refractivity contribution in [2.75, 3.05) is 25.1 Å². The maximum atomic E-state index is 14.8. The molecule has 7 heteroatoms. The minimum absolute atomic E-state index is 0.222. The highest BCUT2D eigenvalue weighted by molar-refractivity contribution is 7.16. The number of halogens is 1. The molecule has 1 aliphatic rings. The summed E-state index contributed by atoms with van der Waals surface area (Å²) in [4.78, 5) is 14.3. The molecule has 4 heterocycles. The molecule has 0 bridgehead atoms. The third-order valence-electron chi connectivity index (χ3n) is 4.18. The quantitative estimate of drug-likeness (QED) is 0.782. The lowest BCUT2D eigenvalue weighted by atomic mass is 9.96. The lowest BCUT2D eigenvalue weighted by molar-refractivity contribution is -0.00117. The summed E-state index contributed by atoms with van der Waals surface area (Å²) in [5.74, 6) is 1.21. The number of pyridine rings is 1. The van der Waals surface area contributed by atoms with Crippen LogP contribution in [0.2, 0.25) is 0 Å². The summed E-state index contributed by atoms with van der Waals surface area (Å²) in [6, 6.07) is 7.58. The zero-order chi connectivity index (χ0) is 16.4. The predicted molar refractivity (Wildman–Crippen MR) is 93.0 cm³/mol. The fourth-order valence-corrected chi connectivity index (χ4v) is 3.52. The normalized spacial score (nSPS) is 17.0. The smallest absolute Gasteiger partial charge is 0.181 e. The summed E-state index contributed by atoms with van der Waals surface area (Å²) in [6.45, 7) is 1.16. The maximum Gasteiger partial charge on any atom is 0.181 e. The molecular weight excluding hydrogens is 327 g/mol. The Morgan fingerprint density at radius 2 is 2.08 bits per heavy atom. The first kappa shape index (κ1) is 15.4. The van der Waals surface area contributed by atoms with Crippen LogP contribution in [0.5, 0.6) is 0 Å². The minimum atomic E-state index is -1.25. The second kappa shape index (κ2) is 6.41. The number of alkyl halides is 1. The Morgan fingerprint density at radius 3 is 2.88 bits per heavy atom. The highest BCUT2D eigenvalue weighted by Crippen LogP contribution is 2.30. The fraction of sp³-hybridized carbons (Fsp3) is 0.353. The number of ether oxygens (including phenoxy) is 1. The molecule has 0 radical (unpaired) electrons. The van der Waals surface area contributed by atoms with Crippen LogP contribution in [0, 0.1) is 0 Å². The van der Waals surface area contributed by atoms with Gasteiger partial charge in [0.05, 0.1) is 11.9 Å². The highest BCUT2D eigenvalue weighted by Gasteiger charge is 2.32. The van der Waals surface area contributed by atoms with Crippen molar-refractivity contribution in [1.29, 1.82) is 0 Å². The van der Waals surface area contributed by atoms with Crippen molar-refractivity contribution >= 4 is 27.4 Å². The van der Waals surface area contributed by atoms with Gasteiger partial charge in [0.25, 0.3) is 0 Å². The number of hydrogen-bond acceptors (Lipinski definition) is 6. The lowest BCUT2D eigenvalue weighted by Gasteiger charge is -2.29. The van der Waals surface area contributed by atoms with Gasteiger partial charge in [-0.25, -0.2) is 14.4 Å². The fourth-order valence-electron chi connectivity index (χ4n) is 2.76. The third kappa shape index (κ3) is 3.09. The zero-order valence-corrected chi connectivity index (χ0v) is 13.9. The Balaban J connectivity index is 1.65. The number of hydrogen-bond donors (Lipinski definition) is 1. The lowest BCUT2D eigenvalue weighted by Crippen LogP contribution is -2.38. The van der Waals surface area contributed by atoms with Crippen LogP contribution in [-0.2, 0) is 4.74 Å². The van der Waals surface area contributed by atoms with E-state index in [1.54, 1.807) is 6.20 Å². The van der Waals surface area contributed by atoms with E-state index in [0.717, 1.165) is 10.2 Å². The molecule has 5 nitrogen and oxygen atoms in total. The number of fused-ring (bicyclic) bond motifs is 1. The average Bonchev–Trinajstić information content (AvgIpc) is 3.10. The van der Waals surface area contributed by atoms with E-state index < -0.39 is 5.67 Å². The first-order valence-electron chi connectivity index (χ1n) is 7.91. The van der Waals surface area contributed by atoms with Crippen molar-refractivity contribution in [2.45, 2.75) is 18.5 Å². The molecule has 1 aliphatic heterocycles. The molecule has 0 aromatic carbocycles. The Kier molecular flexibility index (Phi) is 4.12. The van der Waals surface area contributed by atoms with Gasteiger partial charge in [-0.2, -0.15) is 0 Å². The van der Waals surface area contributed by atoms with Gasteiger partial charge in [-0.1, -0.05) is 6.07 Å². The molecule has 3 aromatic heterocycles. The topological polar surface area (TPSA) is 59.9 Å². The van der Waals surface area contributed by atoms with E-state index in [0.29, 0.717) is 43.4 Å². The monoisotopic (exact) mass is 344 g/mol. The molecule has 0 spiro atoms. The zero-order valence-electron chi connectivity index (χ0n) is 13.0. The largest absolute Gasteiger partial charge is 0.381 e. The molecule has 1 fully saturated rings. The Labute approximate surface area is 142 Å². The molecule has 4 rings (SSSR count). The first-order valence-corrected chi connectivity index (χ1v) is 8.79. The van der Waals surface area contributed by atoms with Crippen LogP contribution in [0.1, 0.15) is 12.8 Å². The van der Waals surface area contributed by atoms with Gasteiger partial charge in [0, 0.05) is 32.3 Å². The molecule has 0 saturated carbocycles.